The molecule has 4 aliphatic carbocycles. The van der Waals surface area contributed by atoms with Crippen LogP contribution in [0.3, 0.4) is 0 Å². The van der Waals surface area contributed by atoms with Gasteiger partial charge in [0.25, 0.3) is 0 Å². The fourth-order valence-corrected chi connectivity index (χ4v) is 9.19. The standard InChI is InChI=1S/C18H26N2OSi.C16H16N4.C12H12N2.C9H9Br/c1-22(2,3)10-9-21-14-20-13-18(12-19-20)17-6-4-5-16(11-17)15-7-8-15;1-2-13(12-4-5-12)8-14(3-1)15-9-18-20(10-15)11-16-6-7-17-19-16;1-2-10(9-4-5-9)6-11(3-1)12-7-13-14-8-12;10-9-3-1-2-8(6-9)7-4-5-7/h4-6,11-13,15H,7-10,14H2,1-3H3;1-3,6-10,12H,4-5,11H2,(H,17,19);1-3,6-9H,4-5H2,(H,13,14);1-3,6-7H,4-5H2. The average Bonchev–Trinajstić information content (AvgIpc) is 4.22. The maximum atomic E-state index is 5.75. The number of rotatable bonds is 14. The summed E-state index contributed by atoms with van der Waals surface area (Å²) < 4.78 is 10.8. The van der Waals surface area contributed by atoms with E-state index in [2.05, 4.69) is 176 Å². The smallest absolute Gasteiger partial charge is 0.139 e. The molecule has 4 fully saturated rings. The Morgan fingerprint density at radius 2 is 1.08 bits per heavy atom. The van der Waals surface area contributed by atoms with Crippen molar-refractivity contribution in [1.82, 2.24) is 40.0 Å². The molecule has 0 unspecified atom stereocenters. The average molecular weight is 960 g/mol. The van der Waals surface area contributed by atoms with Crippen molar-refractivity contribution in [2.24, 2.45) is 0 Å². The van der Waals surface area contributed by atoms with E-state index in [1.54, 1.807) is 6.20 Å². The SMILES string of the molecule is Brc1cccc(C2CC2)c1.C[Si](C)(C)CCOCn1cc(-c2cccc(C3CC3)c2)cn1.c1cc(-c2cn[nH]c2)cc(C2CC2)c1.c1cc(-c2cnn(Cc3ccn[nH]3)c2)cc(C2CC2)c1. The zero-order valence-electron chi connectivity index (χ0n) is 38.6. The molecular weight excluding hydrogens is 897 g/mol. The quantitative estimate of drug-likeness (QED) is 0.0835. The molecule has 340 valence electrons. The number of ether oxygens (including phenoxy) is 1. The van der Waals surface area contributed by atoms with E-state index >= 15 is 0 Å². The van der Waals surface area contributed by atoms with Gasteiger partial charge in [-0.25, -0.2) is 4.68 Å². The summed E-state index contributed by atoms with van der Waals surface area (Å²) in [6.07, 6.45) is 24.4. The van der Waals surface area contributed by atoms with Crippen LogP contribution in [0.1, 0.15) is 103 Å². The van der Waals surface area contributed by atoms with E-state index in [0.717, 1.165) is 42.5 Å². The summed E-state index contributed by atoms with van der Waals surface area (Å²) in [4.78, 5) is 0. The van der Waals surface area contributed by atoms with Gasteiger partial charge in [-0.3, -0.25) is 14.9 Å². The molecule has 9 nitrogen and oxygen atoms in total. The predicted octanol–water partition coefficient (Wildman–Crippen LogP) is 14.2. The number of nitrogens with one attached hydrogen (secondary N) is 2. The number of aromatic nitrogens is 8. The van der Waals surface area contributed by atoms with Crippen molar-refractivity contribution < 1.29 is 4.74 Å². The van der Waals surface area contributed by atoms with E-state index in [4.69, 9.17) is 4.74 Å². The van der Waals surface area contributed by atoms with E-state index < -0.39 is 8.07 Å². The zero-order valence-corrected chi connectivity index (χ0v) is 41.2. The summed E-state index contributed by atoms with van der Waals surface area (Å²) >= 11 is 3.46. The minimum absolute atomic E-state index is 0.548. The summed E-state index contributed by atoms with van der Waals surface area (Å²) in [7, 11) is -1.01. The minimum atomic E-state index is -1.01. The van der Waals surface area contributed by atoms with Crippen LogP contribution >= 0.6 is 15.9 Å². The number of hydrogen-bond acceptors (Lipinski definition) is 5. The van der Waals surface area contributed by atoms with E-state index in [1.165, 1.54) is 118 Å². The highest BCUT2D eigenvalue weighted by atomic mass is 79.9. The maximum absolute atomic E-state index is 5.75. The third-order valence-corrected chi connectivity index (χ3v) is 14.8. The second kappa shape index (κ2) is 21.3. The van der Waals surface area contributed by atoms with Gasteiger partial charge in [-0.1, -0.05) is 121 Å². The molecule has 0 aliphatic heterocycles. The number of halogens is 1. The Bertz CT molecular complexity index is 2740. The van der Waals surface area contributed by atoms with Crippen LogP contribution in [0.2, 0.25) is 25.7 Å². The van der Waals surface area contributed by atoms with Gasteiger partial charge >= 0.3 is 0 Å². The van der Waals surface area contributed by atoms with Gasteiger partial charge in [0.05, 0.1) is 30.8 Å². The summed E-state index contributed by atoms with van der Waals surface area (Å²) in [5.74, 6) is 3.27. The lowest BCUT2D eigenvalue weighted by atomic mass is 10.0. The summed E-state index contributed by atoms with van der Waals surface area (Å²) in [5.41, 5.74) is 14.3. The molecule has 4 aromatic carbocycles. The van der Waals surface area contributed by atoms with Crippen LogP contribution in [0.4, 0.5) is 0 Å². The maximum Gasteiger partial charge on any atom is 0.139 e. The molecule has 4 heterocycles. The van der Waals surface area contributed by atoms with Gasteiger partial charge < -0.3 is 4.74 Å². The molecule has 4 saturated carbocycles. The highest BCUT2D eigenvalue weighted by molar-refractivity contribution is 9.10. The van der Waals surface area contributed by atoms with Crippen LogP contribution < -0.4 is 0 Å². The number of hydrogen-bond donors (Lipinski definition) is 2. The molecule has 0 atom stereocenters. The van der Waals surface area contributed by atoms with Crippen molar-refractivity contribution in [1.29, 1.82) is 0 Å². The molecule has 0 spiro atoms. The summed E-state index contributed by atoms with van der Waals surface area (Å²) in [5, 5.41) is 22.6. The predicted molar refractivity (Wildman–Crippen MR) is 273 cm³/mol. The third-order valence-electron chi connectivity index (χ3n) is 12.6. The van der Waals surface area contributed by atoms with E-state index in [-0.39, 0.29) is 0 Å². The van der Waals surface area contributed by atoms with E-state index in [1.807, 2.05) is 40.2 Å². The Balaban J connectivity index is 0.000000115. The molecule has 0 bridgehead atoms. The van der Waals surface area contributed by atoms with Gasteiger partial charge in [0, 0.05) is 60.6 Å². The molecule has 0 amide bonds. The molecule has 4 aromatic heterocycles. The molecule has 12 rings (SSSR count). The molecule has 66 heavy (non-hydrogen) atoms. The molecular formula is C55H63BrN8OSi. The summed E-state index contributed by atoms with van der Waals surface area (Å²) in [6, 6.07) is 38.3. The van der Waals surface area contributed by atoms with Crippen LogP contribution in [0.5, 0.6) is 0 Å². The van der Waals surface area contributed by atoms with E-state index in [9.17, 15) is 0 Å². The minimum Gasteiger partial charge on any atom is -0.360 e. The Labute approximate surface area is 399 Å². The first-order valence-electron chi connectivity index (χ1n) is 23.9. The van der Waals surface area contributed by atoms with Gasteiger partial charge in [-0.15, -0.1) is 0 Å². The molecule has 4 aliphatic rings. The number of aromatic amines is 2. The van der Waals surface area contributed by atoms with Gasteiger partial charge in [-0.2, -0.15) is 20.4 Å². The number of H-pyrrole nitrogens is 2. The van der Waals surface area contributed by atoms with Gasteiger partial charge in [-0.05, 0) is 138 Å². The third kappa shape index (κ3) is 13.7. The number of benzene rings is 4. The lowest BCUT2D eigenvalue weighted by molar-refractivity contribution is 0.0786. The lowest BCUT2D eigenvalue weighted by Gasteiger charge is -2.15. The molecule has 8 aromatic rings. The Hall–Kier alpha value is -5.62. The largest absolute Gasteiger partial charge is 0.360 e. The molecule has 0 saturated heterocycles. The van der Waals surface area contributed by atoms with Crippen LogP contribution in [0.25, 0.3) is 33.4 Å². The van der Waals surface area contributed by atoms with Crippen molar-refractivity contribution in [3.05, 3.63) is 179 Å². The Kier molecular flexibility index (Phi) is 14.7. The second-order valence-electron chi connectivity index (χ2n) is 19.6. The fourth-order valence-electron chi connectivity index (χ4n) is 8.02. The summed E-state index contributed by atoms with van der Waals surface area (Å²) in [6.45, 7) is 9.22. The number of nitrogens with zero attached hydrogens (tertiary/aromatic N) is 6. The van der Waals surface area contributed by atoms with Gasteiger partial charge in [0.15, 0.2) is 0 Å². The van der Waals surface area contributed by atoms with Crippen molar-refractivity contribution in [3.8, 4) is 33.4 Å². The molecule has 11 heteroatoms. The zero-order chi connectivity index (χ0) is 45.3. The van der Waals surface area contributed by atoms with Crippen LogP contribution in [0.15, 0.2) is 151 Å². The van der Waals surface area contributed by atoms with Crippen molar-refractivity contribution in [2.75, 3.05) is 6.61 Å². The van der Waals surface area contributed by atoms with Crippen molar-refractivity contribution in [2.45, 2.75) is 114 Å². The highest BCUT2D eigenvalue weighted by Crippen LogP contribution is 2.43. The lowest BCUT2D eigenvalue weighted by Crippen LogP contribution is -2.22. The molecule has 0 radical (unpaired) electrons. The van der Waals surface area contributed by atoms with Crippen molar-refractivity contribution >= 4 is 24.0 Å². The first kappa shape index (κ1) is 45.5. The fraction of sp³-hybridized carbons (Fsp3) is 0.345. The topological polar surface area (TPSA) is 102 Å². The molecule has 2 N–H and O–H groups in total. The van der Waals surface area contributed by atoms with E-state index in [0.29, 0.717) is 6.73 Å². The Morgan fingerprint density at radius 1 is 0.576 bits per heavy atom. The van der Waals surface area contributed by atoms with Crippen LogP contribution in [-0.4, -0.2) is 54.6 Å². The monoisotopic (exact) mass is 958 g/mol. The first-order valence-corrected chi connectivity index (χ1v) is 28.4. The van der Waals surface area contributed by atoms with Crippen LogP contribution in [0, 0.1) is 0 Å². The van der Waals surface area contributed by atoms with Crippen LogP contribution in [-0.2, 0) is 18.0 Å². The second-order valence-corrected chi connectivity index (χ2v) is 26.2. The van der Waals surface area contributed by atoms with Gasteiger partial charge in [0.2, 0.25) is 0 Å². The van der Waals surface area contributed by atoms with Crippen molar-refractivity contribution in [3.63, 3.8) is 0 Å². The first-order chi connectivity index (χ1) is 32.2. The highest BCUT2D eigenvalue weighted by Gasteiger charge is 2.26. The van der Waals surface area contributed by atoms with Gasteiger partial charge in [0.1, 0.15) is 6.73 Å². The Morgan fingerprint density at radius 3 is 1.55 bits per heavy atom. The normalized spacial score (nSPS) is 15.5.